The smallest absolute Gasteiger partial charge is 0.422 e. The molecule has 1 aromatic carbocycles. The van der Waals surface area contributed by atoms with E-state index in [1.165, 1.54) is 58.3 Å². The Kier molecular flexibility index (Phi) is 10.0. The minimum Gasteiger partial charge on any atom is -0.491 e. The van der Waals surface area contributed by atoms with Crippen LogP contribution in [0.15, 0.2) is 12.1 Å². The molecule has 3 saturated carbocycles. The van der Waals surface area contributed by atoms with Crippen LogP contribution in [0.1, 0.15) is 96.5 Å². The van der Waals surface area contributed by atoms with Crippen LogP contribution in [0.3, 0.4) is 0 Å². The average molecular weight is 565 g/mol. The summed E-state index contributed by atoms with van der Waals surface area (Å²) in [6, 6.07) is 1.50. The summed E-state index contributed by atoms with van der Waals surface area (Å²) >= 11 is 0. The second-order valence-electron chi connectivity index (χ2n) is 12.0. The van der Waals surface area contributed by atoms with Gasteiger partial charge < -0.3 is 14.2 Å². The van der Waals surface area contributed by atoms with Crippen molar-refractivity contribution in [2.45, 2.75) is 109 Å². The van der Waals surface area contributed by atoms with Gasteiger partial charge in [0.1, 0.15) is 11.3 Å². The fourth-order valence-electron chi connectivity index (χ4n) is 7.13. The largest absolute Gasteiger partial charge is 0.491 e. The first-order valence-electron chi connectivity index (χ1n) is 14.7. The molecule has 3 nitrogen and oxygen atoms in total. The molecule has 0 bridgehead atoms. The number of hydrogen-bond acceptors (Lipinski definition) is 3. The maximum atomic E-state index is 14.5. The lowest BCUT2D eigenvalue weighted by Crippen LogP contribution is -2.36. The third-order valence-electron chi connectivity index (χ3n) is 9.33. The highest BCUT2D eigenvalue weighted by molar-refractivity contribution is 5.44. The van der Waals surface area contributed by atoms with Gasteiger partial charge in [0.2, 0.25) is 0 Å². The van der Waals surface area contributed by atoms with Crippen LogP contribution in [0.2, 0.25) is 0 Å². The summed E-state index contributed by atoms with van der Waals surface area (Å²) in [4.78, 5) is 0. The molecule has 0 atom stereocenters. The average Bonchev–Trinajstić information content (AvgIpc) is 2.89. The fourth-order valence-corrected chi connectivity index (χ4v) is 7.13. The van der Waals surface area contributed by atoms with Crippen molar-refractivity contribution in [1.29, 1.82) is 0 Å². The van der Waals surface area contributed by atoms with Gasteiger partial charge in [-0.25, -0.2) is 4.39 Å². The highest BCUT2D eigenvalue weighted by Crippen LogP contribution is 2.46. The Balaban J connectivity index is 1.23. The minimum atomic E-state index is -5.24. The Morgan fingerprint density at radius 1 is 0.718 bits per heavy atom. The van der Waals surface area contributed by atoms with Gasteiger partial charge in [-0.15, -0.1) is 0 Å². The molecule has 3 aliphatic carbocycles. The molecule has 0 aromatic heterocycles. The van der Waals surface area contributed by atoms with Crippen LogP contribution in [-0.4, -0.2) is 25.4 Å². The van der Waals surface area contributed by atoms with Crippen molar-refractivity contribution in [3.05, 3.63) is 23.5 Å². The van der Waals surface area contributed by atoms with Crippen molar-refractivity contribution in [3.63, 3.8) is 0 Å². The second-order valence-corrected chi connectivity index (χ2v) is 12.0. The van der Waals surface area contributed by atoms with E-state index in [2.05, 4.69) is 11.7 Å². The summed E-state index contributed by atoms with van der Waals surface area (Å²) < 4.78 is 98.4. The van der Waals surface area contributed by atoms with Gasteiger partial charge in [0.25, 0.3) is 0 Å². The molecule has 1 aromatic rings. The molecule has 0 heterocycles. The van der Waals surface area contributed by atoms with Crippen LogP contribution in [-0.2, 0) is 10.9 Å². The van der Waals surface area contributed by atoms with Gasteiger partial charge in [-0.1, -0.05) is 19.8 Å². The van der Waals surface area contributed by atoms with E-state index in [9.17, 15) is 26.3 Å². The molecule has 0 amide bonds. The molecule has 0 unspecified atom stereocenters. The SMILES string of the molecule is CCOc1ccc(OC(F)(F)COC2CCC(C3CCC(C4CCC(C)CC4)CC3)CC2)c(C(F)(F)F)c1F. The molecule has 3 aliphatic rings. The topological polar surface area (TPSA) is 27.7 Å². The lowest BCUT2D eigenvalue weighted by atomic mass is 9.65. The number of rotatable bonds is 9. The van der Waals surface area contributed by atoms with Crippen molar-refractivity contribution in [2.24, 2.45) is 29.6 Å². The Labute approximate surface area is 228 Å². The molecule has 0 spiro atoms. The summed E-state index contributed by atoms with van der Waals surface area (Å²) in [7, 11) is 0. The van der Waals surface area contributed by atoms with Gasteiger partial charge >= 0.3 is 12.3 Å². The molecule has 0 N–H and O–H groups in total. The van der Waals surface area contributed by atoms with E-state index in [1.54, 1.807) is 0 Å². The molecular formula is C30H42F6O3. The molecule has 0 aliphatic heterocycles. The number of benzene rings is 1. The van der Waals surface area contributed by atoms with Gasteiger partial charge in [-0.2, -0.15) is 22.0 Å². The van der Waals surface area contributed by atoms with Crippen molar-refractivity contribution >= 4 is 0 Å². The zero-order valence-corrected chi connectivity index (χ0v) is 23.0. The zero-order chi connectivity index (χ0) is 28.2. The fraction of sp³-hybridized carbons (Fsp3) is 0.800. The predicted molar refractivity (Wildman–Crippen MR) is 136 cm³/mol. The number of halogens is 6. The molecule has 9 heteroatoms. The summed E-state index contributed by atoms with van der Waals surface area (Å²) in [6.07, 6.45) is 4.00. The molecule has 39 heavy (non-hydrogen) atoms. The summed E-state index contributed by atoms with van der Waals surface area (Å²) in [5.41, 5.74) is -1.92. The predicted octanol–water partition coefficient (Wildman–Crippen LogP) is 9.42. The van der Waals surface area contributed by atoms with Crippen molar-refractivity contribution < 1.29 is 40.6 Å². The molecule has 3 fully saturated rings. The standard InChI is InChI=1S/C30H42F6O3/c1-3-37-26-17-16-25(27(28(26)31)30(34,35)36)39-29(32,33)18-38-24-14-12-23(13-15-24)22-10-8-21(9-11-22)20-6-4-19(2)5-7-20/h16-17,19-24H,3-15,18H2,1-2H3. The lowest BCUT2D eigenvalue weighted by Gasteiger charge is -2.41. The Morgan fingerprint density at radius 3 is 1.67 bits per heavy atom. The zero-order valence-electron chi connectivity index (χ0n) is 23.0. The van der Waals surface area contributed by atoms with E-state index in [1.807, 2.05) is 0 Å². The maximum absolute atomic E-state index is 14.5. The summed E-state index contributed by atoms with van der Waals surface area (Å²) in [6.45, 7) is 2.55. The third-order valence-corrected chi connectivity index (χ3v) is 9.33. The van der Waals surface area contributed by atoms with E-state index >= 15 is 0 Å². The molecule has 0 radical (unpaired) electrons. The molecule has 4 rings (SSSR count). The lowest BCUT2D eigenvalue weighted by molar-refractivity contribution is -0.225. The van der Waals surface area contributed by atoms with Crippen LogP contribution in [0.25, 0.3) is 0 Å². The minimum absolute atomic E-state index is 0.0816. The number of ether oxygens (including phenoxy) is 3. The van der Waals surface area contributed by atoms with Crippen LogP contribution < -0.4 is 9.47 Å². The summed E-state index contributed by atoms with van der Waals surface area (Å²) in [5.74, 6) is 0.136. The van der Waals surface area contributed by atoms with Gasteiger partial charge in [-0.05, 0) is 113 Å². The normalized spacial score (nSPS) is 30.7. The first-order chi connectivity index (χ1) is 18.5. The van der Waals surface area contributed by atoms with E-state index in [-0.39, 0.29) is 6.61 Å². The van der Waals surface area contributed by atoms with Crippen molar-refractivity contribution in [1.82, 2.24) is 0 Å². The molecule has 0 saturated heterocycles. The van der Waals surface area contributed by atoms with Crippen LogP contribution >= 0.6 is 0 Å². The van der Waals surface area contributed by atoms with E-state index in [0.717, 1.165) is 36.7 Å². The highest BCUT2D eigenvalue weighted by Gasteiger charge is 2.43. The monoisotopic (exact) mass is 564 g/mol. The van der Waals surface area contributed by atoms with Crippen molar-refractivity contribution in [2.75, 3.05) is 13.2 Å². The van der Waals surface area contributed by atoms with Crippen LogP contribution in [0.5, 0.6) is 11.5 Å². The quantitative estimate of drug-likeness (QED) is 0.280. The van der Waals surface area contributed by atoms with E-state index in [0.29, 0.717) is 30.7 Å². The van der Waals surface area contributed by atoms with Gasteiger partial charge in [0.15, 0.2) is 18.2 Å². The number of alkyl halides is 5. The molecule has 222 valence electrons. The Hall–Kier alpha value is -1.64. The van der Waals surface area contributed by atoms with Crippen LogP contribution in [0.4, 0.5) is 26.3 Å². The second kappa shape index (κ2) is 12.9. The number of hydrogen-bond donors (Lipinski definition) is 0. The highest BCUT2D eigenvalue weighted by atomic mass is 19.4. The Morgan fingerprint density at radius 2 is 1.18 bits per heavy atom. The first-order valence-corrected chi connectivity index (χ1v) is 14.7. The van der Waals surface area contributed by atoms with Crippen molar-refractivity contribution in [3.8, 4) is 11.5 Å². The summed E-state index contributed by atoms with van der Waals surface area (Å²) in [5, 5.41) is 0. The third kappa shape index (κ3) is 7.98. The molecular weight excluding hydrogens is 522 g/mol. The first kappa shape index (κ1) is 30.3. The van der Waals surface area contributed by atoms with Gasteiger partial charge in [-0.3, -0.25) is 0 Å². The Bertz CT molecular complexity index is 912. The van der Waals surface area contributed by atoms with Gasteiger partial charge in [0.05, 0.1) is 12.7 Å². The maximum Gasteiger partial charge on any atom is 0.422 e. The van der Waals surface area contributed by atoms with Gasteiger partial charge in [0, 0.05) is 0 Å². The van der Waals surface area contributed by atoms with E-state index in [4.69, 9.17) is 9.47 Å². The van der Waals surface area contributed by atoms with E-state index < -0.39 is 47.9 Å². The van der Waals surface area contributed by atoms with Crippen LogP contribution in [0, 0.1) is 35.4 Å².